The summed E-state index contributed by atoms with van der Waals surface area (Å²) in [6.45, 7) is 4.05. The van der Waals surface area contributed by atoms with Gasteiger partial charge in [-0.05, 0) is 32.9 Å². The van der Waals surface area contributed by atoms with Gasteiger partial charge in [-0.15, -0.1) is 11.8 Å². The Morgan fingerprint density at radius 3 is 3.00 bits per heavy atom. The molecule has 2 heterocycles. The maximum atomic E-state index is 11.7. The molecule has 1 aliphatic heterocycles. The van der Waals surface area contributed by atoms with E-state index < -0.39 is 0 Å². The van der Waals surface area contributed by atoms with Crippen molar-refractivity contribution in [1.82, 2.24) is 15.5 Å². The average molecular weight is 254 g/mol. The van der Waals surface area contributed by atoms with Crippen LogP contribution in [0.3, 0.4) is 0 Å². The second-order valence-corrected chi connectivity index (χ2v) is 5.53. The normalized spacial score (nSPS) is 17.0. The zero-order valence-electron chi connectivity index (χ0n) is 9.95. The quantitative estimate of drug-likeness (QED) is 0.753. The summed E-state index contributed by atoms with van der Waals surface area (Å²) in [5.74, 6) is 1.27. The van der Waals surface area contributed by atoms with Gasteiger partial charge >= 0.3 is 0 Å². The maximum absolute atomic E-state index is 11.7. The van der Waals surface area contributed by atoms with E-state index in [2.05, 4.69) is 20.8 Å². The van der Waals surface area contributed by atoms with Gasteiger partial charge in [0.25, 0.3) is 0 Å². The molecule has 94 valence electrons. The number of aromatic nitrogens is 2. The van der Waals surface area contributed by atoms with Crippen molar-refractivity contribution in [3.8, 4) is 0 Å². The fraction of sp³-hybridized carbons (Fsp3) is 0.636. The molecule has 2 rings (SSSR count). The van der Waals surface area contributed by atoms with E-state index in [-0.39, 0.29) is 5.91 Å². The fourth-order valence-electron chi connectivity index (χ4n) is 1.80. The number of amides is 1. The molecule has 0 radical (unpaired) electrons. The average Bonchev–Trinajstić information content (AvgIpc) is 2.74. The van der Waals surface area contributed by atoms with E-state index in [0.717, 1.165) is 31.5 Å². The molecule has 0 saturated carbocycles. The van der Waals surface area contributed by atoms with Gasteiger partial charge in [-0.2, -0.15) is 5.10 Å². The summed E-state index contributed by atoms with van der Waals surface area (Å²) in [7, 11) is 0. The van der Waals surface area contributed by atoms with Crippen LogP contribution in [0.15, 0.2) is 6.20 Å². The Balaban J connectivity index is 1.72. The number of hydrogen-bond acceptors (Lipinski definition) is 4. The third-order valence-corrected chi connectivity index (χ3v) is 4.20. The topological polar surface area (TPSA) is 69.8 Å². The van der Waals surface area contributed by atoms with E-state index in [4.69, 9.17) is 0 Å². The van der Waals surface area contributed by atoms with Crippen LogP contribution < -0.4 is 10.6 Å². The number of nitrogens with zero attached hydrogens (tertiary/aromatic N) is 1. The SMILES string of the molecule is Cc1cn[nH]c1NC(=O)CSC1CCNCC1. The van der Waals surface area contributed by atoms with Gasteiger partial charge in [-0.25, -0.2) is 0 Å². The summed E-state index contributed by atoms with van der Waals surface area (Å²) in [6, 6.07) is 0. The fourth-order valence-corrected chi connectivity index (χ4v) is 2.83. The predicted molar refractivity (Wildman–Crippen MR) is 70.3 cm³/mol. The van der Waals surface area contributed by atoms with Crippen LogP contribution in [-0.2, 0) is 4.79 Å². The smallest absolute Gasteiger partial charge is 0.235 e. The van der Waals surface area contributed by atoms with E-state index in [1.54, 1.807) is 18.0 Å². The monoisotopic (exact) mass is 254 g/mol. The van der Waals surface area contributed by atoms with E-state index in [0.29, 0.717) is 16.8 Å². The Morgan fingerprint density at radius 2 is 2.35 bits per heavy atom. The van der Waals surface area contributed by atoms with Gasteiger partial charge in [0, 0.05) is 10.8 Å². The number of piperidine rings is 1. The second-order valence-electron chi connectivity index (χ2n) is 4.24. The molecule has 6 heteroatoms. The molecular weight excluding hydrogens is 236 g/mol. The zero-order valence-corrected chi connectivity index (χ0v) is 10.8. The zero-order chi connectivity index (χ0) is 12.1. The van der Waals surface area contributed by atoms with Crippen molar-refractivity contribution in [2.24, 2.45) is 0 Å². The van der Waals surface area contributed by atoms with E-state index in [9.17, 15) is 4.79 Å². The molecule has 3 N–H and O–H groups in total. The number of carbonyl (C=O) groups excluding carboxylic acids is 1. The minimum atomic E-state index is 0.0425. The highest BCUT2D eigenvalue weighted by Crippen LogP contribution is 2.20. The van der Waals surface area contributed by atoms with Crippen molar-refractivity contribution in [3.05, 3.63) is 11.8 Å². The standard InChI is InChI=1S/C11H18N4OS/c1-8-6-13-15-11(8)14-10(16)7-17-9-2-4-12-5-3-9/h6,9,12H,2-5,7H2,1H3,(H2,13,14,15,16). The minimum absolute atomic E-state index is 0.0425. The number of thioether (sulfide) groups is 1. The van der Waals surface area contributed by atoms with Crippen LogP contribution >= 0.6 is 11.8 Å². The van der Waals surface area contributed by atoms with Crippen molar-refractivity contribution in [3.63, 3.8) is 0 Å². The Kier molecular flexibility index (Phi) is 4.44. The highest BCUT2D eigenvalue weighted by Gasteiger charge is 2.15. The third-order valence-electron chi connectivity index (χ3n) is 2.83. The molecule has 1 aromatic heterocycles. The first kappa shape index (κ1) is 12.4. The molecule has 1 fully saturated rings. The molecule has 0 unspecified atom stereocenters. The number of aromatic amines is 1. The van der Waals surface area contributed by atoms with Crippen LogP contribution in [0.5, 0.6) is 0 Å². The van der Waals surface area contributed by atoms with Gasteiger partial charge in [-0.1, -0.05) is 0 Å². The Hall–Kier alpha value is -1.01. The Morgan fingerprint density at radius 1 is 1.59 bits per heavy atom. The summed E-state index contributed by atoms with van der Waals surface area (Å²) >= 11 is 1.75. The van der Waals surface area contributed by atoms with Crippen LogP contribution in [-0.4, -0.2) is 40.2 Å². The largest absolute Gasteiger partial charge is 0.317 e. The van der Waals surface area contributed by atoms with Crippen molar-refractivity contribution < 1.29 is 4.79 Å². The Bertz CT molecular complexity index is 373. The lowest BCUT2D eigenvalue weighted by Crippen LogP contribution is -2.30. The summed E-state index contributed by atoms with van der Waals surface area (Å²) in [6.07, 6.45) is 4.01. The molecule has 0 aromatic carbocycles. The summed E-state index contributed by atoms with van der Waals surface area (Å²) in [4.78, 5) is 11.7. The van der Waals surface area contributed by atoms with Crippen LogP contribution in [0.25, 0.3) is 0 Å². The second kappa shape index (κ2) is 6.07. The molecule has 1 aromatic rings. The van der Waals surface area contributed by atoms with Gasteiger partial charge in [0.15, 0.2) is 0 Å². The number of H-pyrrole nitrogens is 1. The van der Waals surface area contributed by atoms with Gasteiger partial charge in [0.1, 0.15) is 5.82 Å². The maximum Gasteiger partial charge on any atom is 0.235 e. The first-order chi connectivity index (χ1) is 8.25. The van der Waals surface area contributed by atoms with Crippen molar-refractivity contribution in [2.75, 3.05) is 24.2 Å². The molecular formula is C11H18N4OS. The first-order valence-corrected chi connectivity index (χ1v) is 6.92. The van der Waals surface area contributed by atoms with Crippen LogP contribution in [0.1, 0.15) is 18.4 Å². The minimum Gasteiger partial charge on any atom is -0.317 e. The molecule has 0 bridgehead atoms. The summed E-state index contributed by atoms with van der Waals surface area (Å²) < 4.78 is 0. The van der Waals surface area contributed by atoms with Crippen LogP contribution in [0.4, 0.5) is 5.82 Å². The van der Waals surface area contributed by atoms with E-state index in [1.807, 2.05) is 6.92 Å². The first-order valence-electron chi connectivity index (χ1n) is 5.88. The van der Waals surface area contributed by atoms with E-state index >= 15 is 0 Å². The summed E-state index contributed by atoms with van der Waals surface area (Å²) in [5, 5.41) is 13.4. The molecule has 17 heavy (non-hydrogen) atoms. The van der Waals surface area contributed by atoms with Gasteiger partial charge in [-0.3, -0.25) is 9.89 Å². The molecule has 0 aliphatic carbocycles. The van der Waals surface area contributed by atoms with Crippen LogP contribution in [0.2, 0.25) is 0 Å². The molecule has 0 atom stereocenters. The highest BCUT2D eigenvalue weighted by atomic mass is 32.2. The van der Waals surface area contributed by atoms with Crippen molar-refractivity contribution in [2.45, 2.75) is 25.0 Å². The third kappa shape index (κ3) is 3.74. The number of aryl methyl sites for hydroxylation is 1. The summed E-state index contributed by atoms with van der Waals surface area (Å²) in [5.41, 5.74) is 0.963. The highest BCUT2D eigenvalue weighted by molar-refractivity contribution is 8.00. The number of carbonyl (C=O) groups is 1. The van der Waals surface area contributed by atoms with Gasteiger partial charge < -0.3 is 10.6 Å². The lowest BCUT2D eigenvalue weighted by Gasteiger charge is -2.21. The predicted octanol–water partition coefficient (Wildman–Crippen LogP) is 1.14. The molecule has 1 aliphatic rings. The number of rotatable bonds is 4. The number of anilines is 1. The lowest BCUT2D eigenvalue weighted by molar-refractivity contribution is -0.113. The van der Waals surface area contributed by atoms with Crippen molar-refractivity contribution in [1.29, 1.82) is 0 Å². The van der Waals surface area contributed by atoms with Gasteiger partial charge in [0.2, 0.25) is 5.91 Å². The van der Waals surface area contributed by atoms with E-state index in [1.165, 1.54) is 0 Å². The molecule has 1 amide bonds. The van der Waals surface area contributed by atoms with Crippen LogP contribution in [0, 0.1) is 6.92 Å². The molecule has 5 nitrogen and oxygen atoms in total. The number of hydrogen-bond donors (Lipinski definition) is 3. The van der Waals surface area contributed by atoms with Gasteiger partial charge in [0.05, 0.1) is 11.9 Å². The molecule has 1 saturated heterocycles. The number of nitrogens with one attached hydrogen (secondary N) is 3. The Labute approximate surface area is 105 Å². The lowest BCUT2D eigenvalue weighted by atomic mass is 10.2. The van der Waals surface area contributed by atoms with Crippen molar-refractivity contribution >= 4 is 23.5 Å². The molecule has 0 spiro atoms.